The maximum atomic E-state index is 5.55. The zero-order valence-corrected chi connectivity index (χ0v) is 29.9. The SMILES string of the molecule is CC1(C)c2ccccc2-c2cc3c4c(ccc5cc6c7ccccc7sc6c(c54)n3-c3nc(-c4ccc(-c5cccnc5)cc4)c4ccccc4n3)c21. The van der Waals surface area contributed by atoms with Crippen molar-refractivity contribution in [2.45, 2.75) is 19.3 Å². The van der Waals surface area contributed by atoms with Crippen LogP contribution in [0, 0.1) is 0 Å². The molecule has 0 aliphatic heterocycles. The molecule has 0 N–H and O–H groups in total. The number of pyridine rings is 1. The maximum Gasteiger partial charge on any atom is 0.235 e. The third-order valence-electron chi connectivity index (χ3n) is 11.6. The van der Waals surface area contributed by atoms with Gasteiger partial charge in [-0.1, -0.05) is 117 Å². The number of hydrogen-bond donors (Lipinski definition) is 0. The first-order valence-electron chi connectivity index (χ1n) is 18.1. The highest BCUT2D eigenvalue weighted by Gasteiger charge is 2.38. The Bertz CT molecular complexity index is 3300. The molecular weight excluding hydrogens is 665 g/mol. The van der Waals surface area contributed by atoms with Gasteiger partial charge < -0.3 is 0 Å². The van der Waals surface area contributed by atoms with Gasteiger partial charge in [-0.05, 0) is 74.5 Å². The molecule has 7 aromatic carbocycles. The number of hydrogen-bond acceptors (Lipinski definition) is 4. The molecule has 12 rings (SSSR count). The minimum atomic E-state index is -0.137. The highest BCUT2D eigenvalue weighted by molar-refractivity contribution is 7.26. The molecule has 11 aromatic rings. The molecule has 4 heterocycles. The van der Waals surface area contributed by atoms with Gasteiger partial charge in [-0.3, -0.25) is 9.55 Å². The molecule has 0 unspecified atom stereocenters. The van der Waals surface area contributed by atoms with Crippen molar-refractivity contribution in [1.82, 2.24) is 19.5 Å². The summed E-state index contributed by atoms with van der Waals surface area (Å²) in [6, 6.07) is 48.4. The molecule has 0 saturated heterocycles. The van der Waals surface area contributed by atoms with Crippen molar-refractivity contribution in [2.75, 3.05) is 0 Å². The van der Waals surface area contributed by atoms with Crippen LogP contribution in [0.1, 0.15) is 25.0 Å². The van der Waals surface area contributed by atoms with Crippen molar-refractivity contribution in [3.8, 4) is 39.5 Å². The fourth-order valence-electron chi connectivity index (χ4n) is 9.29. The summed E-state index contributed by atoms with van der Waals surface area (Å²) in [7, 11) is 0. The minimum Gasteiger partial charge on any atom is -0.276 e. The lowest BCUT2D eigenvalue weighted by Crippen LogP contribution is -2.15. The topological polar surface area (TPSA) is 43.6 Å². The number of aromatic nitrogens is 4. The van der Waals surface area contributed by atoms with Crippen molar-refractivity contribution in [3.05, 3.63) is 157 Å². The highest BCUT2D eigenvalue weighted by atomic mass is 32.1. The predicted octanol–water partition coefficient (Wildman–Crippen LogP) is 12.7. The molecule has 0 bridgehead atoms. The van der Waals surface area contributed by atoms with E-state index in [9.17, 15) is 0 Å². The second kappa shape index (κ2) is 10.3. The van der Waals surface area contributed by atoms with Crippen LogP contribution < -0.4 is 0 Å². The van der Waals surface area contributed by atoms with Crippen LogP contribution in [0.5, 0.6) is 0 Å². The zero-order valence-electron chi connectivity index (χ0n) is 29.1. The van der Waals surface area contributed by atoms with E-state index < -0.39 is 0 Å². The minimum absolute atomic E-state index is 0.137. The molecule has 0 spiro atoms. The fraction of sp³-hybridized carbons (Fsp3) is 0.0625. The lowest BCUT2D eigenvalue weighted by atomic mass is 9.79. The van der Waals surface area contributed by atoms with Gasteiger partial charge in [0.25, 0.3) is 0 Å². The molecular formula is C48H30N4S. The molecule has 0 saturated carbocycles. The number of thiophene rings is 1. The Hall–Kier alpha value is -6.43. The van der Waals surface area contributed by atoms with Crippen LogP contribution in [0.4, 0.5) is 0 Å². The summed E-state index contributed by atoms with van der Waals surface area (Å²) in [4.78, 5) is 15.3. The number of para-hydroxylation sites is 1. The summed E-state index contributed by atoms with van der Waals surface area (Å²) in [5.41, 5.74) is 12.7. The monoisotopic (exact) mass is 694 g/mol. The average Bonchev–Trinajstić information content (AvgIpc) is 3.83. The van der Waals surface area contributed by atoms with Crippen molar-refractivity contribution in [2.24, 2.45) is 0 Å². The van der Waals surface area contributed by atoms with Crippen LogP contribution in [0.25, 0.3) is 103 Å². The molecule has 1 aliphatic rings. The van der Waals surface area contributed by atoms with E-state index >= 15 is 0 Å². The van der Waals surface area contributed by atoms with Crippen LogP contribution in [-0.4, -0.2) is 19.5 Å². The molecule has 53 heavy (non-hydrogen) atoms. The molecule has 4 aromatic heterocycles. The first-order chi connectivity index (χ1) is 26.0. The Kier molecular flexibility index (Phi) is 5.69. The van der Waals surface area contributed by atoms with Gasteiger partial charge in [0.2, 0.25) is 5.95 Å². The van der Waals surface area contributed by atoms with E-state index in [4.69, 9.17) is 9.97 Å². The number of benzene rings is 7. The molecule has 0 atom stereocenters. The third kappa shape index (κ3) is 3.87. The molecule has 5 heteroatoms. The van der Waals surface area contributed by atoms with Crippen LogP contribution in [0.3, 0.4) is 0 Å². The molecule has 248 valence electrons. The second-order valence-electron chi connectivity index (χ2n) is 14.8. The third-order valence-corrected chi connectivity index (χ3v) is 12.8. The summed E-state index contributed by atoms with van der Waals surface area (Å²) in [5.74, 6) is 0.685. The van der Waals surface area contributed by atoms with Crippen molar-refractivity contribution in [3.63, 3.8) is 0 Å². The lowest BCUT2D eigenvalue weighted by Gasteiger charge is -2.23. The van der Waals surface area contributed by atoms with Gasteiger partial charge in [0.15, 0.2) is 0 Å². The van der Waals surface area contributed by atoms with Crippen LogP contribution >= 0.6 is 11.3 Å². The van der Waals surface area contributed by atoms with E-state index in [0.29, 0.717) is 5.95 Å². The summed E-state index contributed by atoms with van der Waals surface area (Å²) >= 11 is 1.87. The number of fused-ring (bicyclic) bond motifs is 9. The van der Waals surface area contributed by atoms with Crippen LogP contribution in [0.15, 0.2) is 146 Å². The molecule has 0 radical (unpaired) electrons. The Morgan fingerprint density at radius 1 is 0.604 bits per heavy atom. The van der Waals surface area contributed by atoms with Gasteiger partial charge in [0.05, 0.1) is 26.9 Å². The first-order valence-corrected chi connectivity index (χ1v) is 18.9. The normalized spacial score (nSPS) is 13.6. The molecule has 0 fully saturated rings. The van der Waals surface area contributed by atoms with E-state index in [1.807, 2.05) is 29.8 Å². The van der Waals surface area contributed by atoms with E-state index in [2.05, 4.69) is 151 Å². The Morgan fingerprint density at radius 2 is 1.40 bits per heavy atom. The van der Waals surface area contributed by atoms with Gasteiger partial charge in [-0.2, -0.15) is 0 Å². The summed E-state index contributed by atoms with van der Waals surface area (Å²) in [5, 5.41) is 8.71. The number of nitrogens with zero attached hydrogens (tertiary/aromatic N) is 4. The molecule has 1 aliphatic carbocycles. The van der Waals surface area contributed by atoms with Gasteiger partial charge >= 0.3 is 0 Å². The van der Waals surface area contributed by atoms with Crippen molar-refractivity contribution < 1.29 is 0 Å². The van der Waals surface area contributed by atoms with Gasteiger partial charge in [0.1, 0.15) is 0 Å². The first kappa shape index (κ1) is 29.2. The van der Waals surface area contributed by atoms with E-state index in [1.54, 1.807) is 0 Å². The quantitative estimate of drug-likeness (QED) is 0.173. The van der Waals surface area contributed by atoms with E-state index in [1.165, 1.54) is 69.5 Å². The van der Waals surface area contributed by atoms with Crippen LogP contribution in [0.2, 0.25) is 0 Å². The van der Waals surface area contributed by atoms with E-state index in [0.717, 1.165) is 38.8 Å². The largest absolute Gasteiger partial charge is 0.276 e. The fourth-order valence-corrected chi connectivity index (χ4v) is 10.5. The second-order valence-corrected chi connectivity index (χ2v) is 15.9. The summed E-state index contributed by atoms with van der Waals surface area (Å²) in [6.45, 7) is 4.76. The standard InChI is InChI=1S/C48H30N4S/c1-48(2)37-14-6-3-11-31(37)35-25-39-42-34(43(35)48)22-21-29-24-36-32-12-5-8-16-40(32)53-46(36)45(41(29)42)52(39)47-50-38-15-7-4-13-33(38)44(51-47)28-19-17-27(18-20-28)30-10-9-23-49-26-30/h3-26H,1-2H3. The summed E-state index contributed by atoms with van der Waals surface area (Å²) in [6.07, 6.45) is 3.72. The maximum absolute atomic E-state index is 5.55. The Balaban J connectivity index is 1.23. The van der Waals surface area contributed by atoms with Crippen molar-refractivity contribution >= 4 is 75.0 Å². The van der Waals surface area contributed by atoms with E-state index in [-0.39, 0.29) is 5.41 Å². The van der Waals surface area contributed by atoms with Gasteiger partial charge in [-0.15, -0.1) is 11.3 Å². The predicted molar refractivity (Wildman–Crippen MR) is 222 cm³/mol. The average molecular weight is 695 g/mol. The smallest absolute Gasteiger partial charge is 0.235 e. The van der Waals surface area contributed by atoms with Crippen molar-refractivity contribution in [1.29, 1.82) is 0 Å². The Labute approximate surface area is 309 Å². The Morgan fingerprint density at radius 3 is 2.26 bits per heavy atom. The zero-order chi connectivity index (χ0) is 35.0. The molecule has 0 amide bonds. The molecule has 4 nitrogen and oxygen atoms in total. The lowest BCUT2D eigenvalue weighted by molar-refractivity contribution is 0.666. The van der Waals surface area contributed by atoms with Gasteiger partial charge in [0, 0.05) is 55.0 Å². The highest BCUT2D eigenvalue weighted by Crippen LogP contribution is 2.55. The van der Waals surface area contributed by atoms with Gasteiger partial charge in [-0.25, -0.2) is 9.97 Å². The number of rotatable bonds is 3. The summed E-state index contributed by atoms with van der Waals surface area (Å²) < 4.78 is 4.94. The van der Waals surface area contributed by atoms with Crippen LogP contribution in [-0.2, 0) is 5.41 Å².